The normalized spacial score (nSPS) is 10.3. The van der Waals surface area contributed by atoms with E-state index in [9.17, 15) is 18.4 Å². The third-order valence-corrected chi connectivity index (χ3v) is 2.65. The van der Waals surface area contributed by atoms with Crippen LogP contribution in [0.15, 0.2) is 24.3 Å². The van der Waals surface area contributed by atoms with E-state index in [2.05, 4.69) is 9.47 Å². The Morgan fingerprint density at radius 2 is 1.86 bits per heavy atom. The summed E-state index contributed by atoms with van der Waals surface area (Å²) in [6.07, 6.45) is 0.676. The number of halogens is 2. The molecule has 0 bridgehead atoms. The van der Waals surface area contributed by atoms with E-state index in [0.717, 1.165) is 0 Å². The van der Waals surface area contributed by atoms with Crippen LogP contribution >= 0.6 is 0 Å². The van der Waals surface area contributed by atoms with E-state index in [1.807, 2.05) is 6.92 Å². The van der Waals surface area contributed by atoms with Crippen LogP contribution in [-0.2, 0) is 9.53 Å². The van der Waals surface area contributed by atoms with Gasteiger partial charge in [0.2, 0.25) is 0 Å². The number of methoxy groups -OCH3 is 1. The summed E-state index contributed by atoms with van der Waals surface area (Å²) in [5, 5.41) is 0. The predicted molar refractivity (Wildman–Crippen MR) is 71.3 cm³/mol. The molecule has 21 heavy (non-hydrogen) atoms. The van der Waals surface area contributed by atoms with Gasteiger partial charge in [0.25, 0.3) is 5.91 Å². The first-order valence-corrected chi connectivity index (χ1v) is 6.38. The molecule has 0 saturated heterocycles. The number of benzene rings is 1. The molecular formula is C14H17F2NO4. The Kier molecular flexibility index (Phi) is 6.58. The molecule has 0 fully saturated rings. The summed E-state index contributed by atoms with van der Waals surface area (Å²) in [5.74, 6) is -0.920. The highest BCUT2D eigenvalue weighted by atomic mass is 19.3. The molecule has 1 amide bonds. The van der Waals surface area contributed by atoms with Gasteiger partial charge >= 0.3 is 12.6 Å². The maximum atomic E-state index is 12.2. The van der Waals surface area contributed by atoms with Crippen LogP contribution in [0, 0.1) is 0 Å². The number of esters is 1. The number of nitrogens with zero attached hydrogens (tertiary/aromatic N) is 1. The highest BCUT2D eigenvalue weighted by Gasteiger charge is 2.18. The van der Waals surface area contributed by atoms with Crippen molar-refractivity contribution in [3.8, 4) is 5.75 Å². The van der Waals surface area contributed by atoms with Crippen LogP contribution in [0.5, 0.6) is 5.75 Å². The lowest BCUT2D eigenvalue weighted by Gasteiger charge is -2.20. The number of carbonyl (C=O) groups excluding carboxylic acids is 2. The number of amides is 1. The van der Waals surface area contributed by atoms with Crippen LogP contribution in [0.3, 0.4) is 0 Å². The molecule has 0 radical (unpaired) electrons. The van der Waals surface area contributed by atoms with Crippen LogP contribution in [0.2, 0.25) is 0 Å². The molecule has 0 aliphatic rings. The van der Waals surface area contributed by atoms with Crippen LogP contribution < -0.4 is 4.74 Å². The summed E-state index contributed by atoms with van der Waals surface area (Å²) in [6, 6.07) is 5.31. The van der Waals surface area contributed by atoms with Gasteiger partial charge in [0.15, 0.2) is 0 Å². The smallest absolute Gasteiger partial charge is 0.387 e. The fourth-order valence-corrected chi connectivity index (χ4v) is 1.70. The van der Waals surface area contributed by atoms with Crippen molar-refractivity contribution in [2.45, 2.75) is 20.0 Å². The van der Waals surface area contributed by atoms with Crippen molar-refractivity contribution in [1.29, 1.82) is 0 Å². The van der Waals surface area contributed by atoms with Crippen molar-refractivity contribution in [3.05, 3.63) is 29.8 Å². The van der Waals surface area contributed by atoms with Crippen LogP contribution in [0.4, 0.5) is 8.78 Å². The van der Waals surface area contributed by atoms with Gasteiger partial charge in [-0.3, -0.25) is 9.59 Å². The minimum absolute atomic E-state index is 0.0310. The fourth-order valence-electron chi connectivity index (χ4n) is 1.70. The van der Waals surface area contributed by atoms with Gasteiger partial charge in [-0.05, 0) is 30.7 Å². The molecule has 5 nitrogen and oxygen atoms in total. The van der Waals surface area contributed by atoms with E-state index in [1.54, 1.807) is 0 Å². The van der Waals surface area contributed by atoms with E-state index < -0.39 is 12.6 Å². The van der Waals surface area contributed by atoms with Gasteiger partial charge in [-0.25, -0.2) is 0 Å². The molecule has 0 saturated carbocycles. The second-order valence-electron chi connectivity index (χ2n) is 4.21. The van der Waals surface area contributed by atoms with Crippen molar-refractivity contribution in [2.75, 3.05) is 20.2 Å². The predicted octanol–water partition coefficient (Wildman–Crippen LogP) is 2.31. The van der Waals surface area contributed by atoms with E-state index in [0.29, 0.717) is 13.0 Å². The zero-order valence-electron chi connectivity index (χ0n) is 11.8. The molecular weight excluding hydrogens is 284 g/mol. The Labute approximate surface area is 121 Å². The summed E-state index contributed by atoms with van der Waals surface area (Å²) in [7, 11) is 1.24. The second-order valence-corrected chi connectivity index (χ2v) is 4.21. The number of rotatable bonds is 7. The maximum Gasteiger partial charge on any atom is 0.387 e. The van der Waals surface area contributed by atoms with Crippen molar-refractivity contribution in [3.63, 3.8) is 0 Å². The van der Waals surface area contributed by atoms with E-state index in [4.69, 9.17) is 0 Å². The van der Waals surface area contributed by atoms with Gasteiger partial charge in [-0.1, -0.05) is 6.92 Å². The molecule has 1 aromatic carbocycles. The monoisotopic (exact) mass is 301 g/mol. The Bertz CT molecular complexity index is 476. The first-order valence-electron chi connectivity index (χ1n) is 6.38. The minimum atomic E-state index is -2.91. The van der Waals surface area contributed by atoms with Gasteiger partial charge < -0.3 is 14.4 Å². The third-order valence-electron chi connectivity index (χ3n) is 2.65. The minimum Gasteiger partial charge on any atom is -0.468 e. The van der Waals surface area contributed by atoms with Crippen LogP contribution in [-0.4, -0.2) is 43.6 Å². The standard InChI is InChI=1S/C14H17F2NO4/c1-3-8-17(9-12(18)20-2)13(19)10-4-6-11(7-5-10)21-14(15)16/h4-7,14H,3,8-9H2,1-2H3. The van der Waals surface area contributed by atoms with Gasteiger partial charge in [0, 0.05) is 12.1 Å². The summed E-state index contributed by atoms with van der Waals surface area (Å²) < 4.78 is 32.8. The summed E-state index contributed by atoms with van der Waals surface area (Å²) >= 11 is 0. The molecule has 0 atom stereocenters. The largest absolute Gasteiger partial charge is 0.468 e. The maximum absolute atomic E-state index is 12.2. The van der Waals surface area contributed by atoms with Gasteiger partial charge in [-0.2, -0.15) is 8.78 Å². The molecule has 0 aliphatic heterocycles. The van der Waals surface area contributed by atoms with E-state index >= 15 is 0 Å². The lowest BCUT2D eigenvalue weighted by atomic mass is 10.2. The highest BCUT2D eigenvalue weighted by Crippen LogP contribution is 2.16. The summed E-state index contributed by atoms with van der Waals surface area (Å²) in [6.45, 7) is -0.804. The Balaban J connectivity index is 2.80. The molecule has 0 spiro atoms. The fraction of sp³-hybridized carbons (Fsp3) is 0.429. The first-order chi connectivity index (χ1) is 9.97. The number of ether oxygens (including phenoxy) is 2. The van der Waals surface area contributed by atoms with Crippen molar-refractivity contribution in [1.82, 2.24) is 4.90 Å². The average molecular weight is 301 g/mol. The zero-order valence-corrected chi connectivity index (χ0v) is 11.8. The lowest BCUT2D eigenvalue weighted by Crippen LogP contribution is -2.36. The molecule has 1 aromatic rings. The van der Waals surface area contributed by atoms with E-state index in [-0.39, 0.29) is 23.8 Å². The molecule has 0 aliphatic carbocycles. The van der Waals surface area contributed by atoms with Crippen LogP contribution in [0.1, 0.15) is 23.7 Å². The molecule has 1 rings (SSSR count). The SMILES string of the molecule is CCCN(CC(=O)OC)C(=O)c1ccc(OC(F)F)cc1. The number of hydrogen-bond donors (Lipinski definition) is 0. The van der Waals surface area contributed by atoms with Gasteiger partial charge in [0.1, 0.15) is 12.3 Å². The molecule has 0 aromatic heterocycles. The topological polar surface area (TPSA) is 55.8 Å². The molecule has 7 heteroatoms. The molecule has 0 heterocycles. The number of hydrogen-bond acceptors (Lipinski definition) is 4. The van der Waals surface area contributed by atoms with Crippen molar-refractivity contribution >= 4 is 11.9 Å². The average Bonchev–Trinajstić information content (AvgIpc) is 2.46. The number of alkyl halides is 2. The number of carbonyl (C=O) groups is 2. The summed E-state index contributed by atoms with van der Waals surface area (Å²) in [4.78, 5) is 24.9. The molecule has 0 N–H and O–H groups in total. The first kappa shape index (κ1) is 16.9. The Hall–Kier alpha value is -2.18. The van der Waals surface area contributed by atoms with Crippen LogP contribution in [0.25, 0.3) is 0 Å². The zero-order chi connectivity index (χ0) is 15.8. The highest BCUT2D eigenvalue weighted by molar-refractivity contribution is 5.96. The second kappa shape index (κ2) is 8.18. The molecule has 0 unspecified atom stereocenters. The lowest BCUT2D eigenvalue weighted by molar-refractivity contribution is -0.141. The quantitative estimate of drug-likeness (QED) is 0.725. The summed E-state index contributed by atoms with van der Waals surface area (Å²) in [5.41, 5.74) is 0.286. The van der Waals surface area contributed by atoms with Gasteiger partial charge in [0.05, 0.1) is 7.11 Å². The Morgan fingerprint density at radius 3 is 2.33 bits per heavy atom. The van der Waals surface area contributed by atoms with Crippen molar-refractivity contribution < 1.29 is 27.8 Å². The van der Waals surface area contributed by atoms with Crippen molar-refractivity contribution in [2.24, 2.45) is 0 Å². The Morgan fingerprint density at radius 1 is 1.24 bits per heavy atom. The molecule has 116 valence electrons. The third kappa shape index (κ3) is 5.37. The van der Waals surface area contributed by atoms with E-state index in [1.165, 1.54) is 36.3 Å². The van der Waals surface area contributed by atoms with Gasteiger partial charge in [-0.15, -0.1) is 0 Å².